The van der Waals surface area contributed by atoms with E-state index in [1.54, 1.807) is 28.8 Å². The molecular weight excluding hydrogens is 310 g/mol. The minimum absolute atomic E-state index is 0.231. The van der Waals surface area contributed by atoms with Crippen LogP contribution in [0.3, 0.4) is 0 Å². The molecular formula is C17H23N3O2S. The van der Waals surface area contributed by atoms with E-state index < -0.39 is 10.0 Å². The first kappa shape index (κ1) is 16.4. The molecule has 0 saturated carbocycles. The Hall–Kier alpha value is -1.50. The van der Waals surface area contributed by atoms with Crippen molar-refractivity contribution in [3.8, 4) is 0 Å². The third kappa shape index (κ3) is 3.11. The van der Waals surface area contributed by atoms with E-state index in [-0.39, 0.29) is 5.54 Å². The minimum atomic E-state index is -3.54. The summed E-state index contributed by atoms with van der Waals surface area (Å²) in [6.45, 7) is 7.83. The minimum Gasteiger partial charge on any atom is -0.310 e. The predicted molar refractivity (Wildman–Crippen MR) is 91.9 cm³/mol. The lowest BCUT2D eigenvalue weighted by molar-refractivity contribution is 0.326. The van der Waals surface area contributed by atoms with Gasteiger partial charge in [-0.3, -0.25) is 4.98 Å². The molecule has 0 bridgehead atoms. The van der Waals surface area contributed by atoms with Crippen molar-refractivity contribution in [1.29, 1.82) is 0 Å². The molecule has 1 N–H and O–H groups in total. The topological polar surface area (TPSA) is 62.3 Å². The van der Waals surface area contributed by atoms with E-state index >= 15 is 0 Å². The zero-order valence-electron chi connectivity index (χ0n) is 13.8. The Morgan fingerprint density at radius 2 is 2.04 bits per heavy atom. The Balaban J connectivity index is 2.13. The zero-order chi connectivity index (χ0) is 16.7. The quantitative estimate of drug-likeness (QED) is 0.916. The van der Waals surface area contributed by atoms with Crippen molar-refractivity contribution in [1.82, 2.24) is 14.6 Å². The summed E-state index contributed by atoms with van der Waals surface area (Å²) in [7, 11) is -3.54. The summed E-state index contributed by atoms with van der Waals surface area (Å²) in [4.78, 5) is 4.55. The third-order valence-corrected chi connectivity index (χ3v) is 6.20. The van der Waals surface area contributed by atoms with Gasteiger partial charge in [0.25, 0.3) is 0 Å². The summed E-state index contributed by atoms with van der Waals surface area (Å²) < 4.78 is 28.2. The number of sulfonamides is 1. The fourth-order valence-corrected chi connectivity index (χ4v) is 5.12. The summed E-state index contributed by atoms with van der Waals surface area (Å²) in [6, 6.07) is 5.40. The maximum Gasteiger partial charge on any atom is 0.243 e. The van der Waals surface area contributed by atoms with Crippen LogP contribution in [-0.4, -0.2) is 42.9 Å². The van der Waals surface area contributed by atoms with Crippen LogP contribution in [0, 0.1) is 6.92 Å². The number of hydrogen-bond donors (Lipinski definition) is 1. The first-order valence-electron chi connectivity index (χ1n) is 7.90. The van der Waals surface area contributed by atoms with Crippen LogP contribution in [0.25, 0.3) is 10.8 Å². The number of nitrogens with one attached hydrogen (secondary N) is 1. The lowest BCUT2D eigenvalue weighted by Crippen LogP contribution is -2.47. The van der Waals surface area contributed by atoms with Crippen molar-refractivity contribution in [2.24, 2.45) is 0 Å². The molecule has 0 aliphatic carbocycles. The molecule has 2 aromatic rings. The van der Waals surface area contributed by atoms with Crippen LogP contribution in [0.5, 0.6) is 0 Å². The largest absolute Gasteiger partial charge is 0.310 e. The number of hydrogen-bond acceptors (Lipinski definition) is 4. The van der Waals surface area contributed by atoms with Gasteiger partial charge in [-0.25, -0.2) is 8.42 Å². The van der Waals surface area contributed by atoms with Crippen molar-refractivity contribution in [2.45, 2.75) is 37.6 Å². The van der Waals surface area contributed by atoms with Crippen molar-refractivity contribution in [2.75, 3.05) is 19.6 Å². The lowest BCUT2D eigenvalue weighted by atomic mass is 10.1. The maximum atomic E-state index is 13.3. The molecule has 0 amide bonds. The predicted octanol–water partition coefficient (Wildman–Crippen LogP) is 2.31. The van der Waals surface area contributed by atoms with Crippen LogP contribution >= 0.6 is 0 Å². The molecule has 0 atom stereocenters. The molecule has 3 rings (SSSR count). The van der Waals surface area contributed by atoms with Crippen molar-refractivity contribution < 1.29 is 8.42 Å². The maximum absolute atomic E-state index is 13.3. The second-order valence-electron chi connectivity index (χ2n) is 6.81. The molecule has 1 saturated heterocycles. The van der Waals surface area contributed by atoms with Crippen LogP contribution in [0.1, 0.15) is 25.8 Å². The number of pyridine rings is 1. The van der Waals surface area contributed by atoms with Crippen LogP contribution in [0.4, 0.5) is 0 Å². The van der Waals surface area contributed by atoms with E-state index in [9.17, 15) is 8.42 Å². The molecule has 5 nitrogen and oxygen atoms in total. The number of aromatic nitrogens is 1. The van der Waals surface area contributed by atoms with Gasteiger partial charge in [0.05, 0.1) is 4.90 Å². The third-order valence-electron chi connectivity index (χ3n) is 4.31. The van der Waals surface area contributed by atoms with Crippen LogP contribution in [0.15, 0.2) is 35.5 Å². The Morgan fingerprint density at radius 3 is 2.83 bits per heavy atom. The molecule has 0 unspecified atom stereocenters. The van der Waals surface area contributed by atoms with E-state index in [1.165, 1.54) is 0 Å². The fourth-order valence-electron chi connectivity index (χ4n) is 3.19. The van der Waals surface area contributed by atoms with Crippen LogP contribution in [0.2, 0.25) is 0 Å². The Labute approximate surface area is 137 Å². The van der Waals surface area contributed by atoms with Gasteiger partial charge in [-0.05, 0) is 45.4 Å². The molecule has 23 heavy (non-hydrogen) atoms. The highest BCUT2D eigenvalue weighted by Crippen LogP contribution is 2.29. The molecule has 0 radical (unpaired) electrons. The van der Waals surface area contributed by atoms with E-state index in [4.69, 9.17) is 0 Å². The van der Waals surface area contributed by atoms with Crippen molar-refractivity contribution in [3.05, 3.63) is 36.2 Å². The first-order valence-corrected chi connectivity index (χ1v) is 9.34. The molecule has 1 fully saturated rings. The van der Waals surface area contributed by atoms with Gasteiger partial charge in [-0.2, -0.15) is 4.31 Å². The Bertz CT molecular complexity index is 826. The number of fused-ring (bicyclic) bond motifs is 1. The Morgan fingerprint density at radius 1 is 1.26 bits per heavy atom. The van der Waals surface area contributed by atoms with Crippen LogP contribution in [-0.2, 0) is 10.0 Å². The second kappa shape index (κ2) is 5.85. The average Bonchev–Trinajstić information content (AvgIpc) is 2.68. The van der Waals surface area contributed by atoms with Gasteiger partial charge in [-0.15, -0.1) is 0 Å². The number of rotatable bonds is 2. The first-order chi connectivity index (χ1) is 10.8. The van der Waals surface area contributed by atoms with Crippen molar-refractivity contribution >= 4 is 20.8 Å². The van der Waals surface area contributed by atoms with Crippen LogP contribution < -0.4 is 5.32 Å². The normalized spacial score (nSPS) is 19.6. The highest BCUT2D eigenvalue weighted by molar-refractivity contribution is 7.89. The average molecular weight is 333 g/mol. The lowest BCUT2D eigenvalue weighted by Gasteiger charge is -2.29. The molecule has 0 spiro atoms. The SMILES string of the molecule is Cc1cncc2cccc(S(=O)(=O)N3CCCNC(C)(C)C3)c12. The van der Waals surface area contributed by atoms with Gasteiger partial charge in [0.1, 0.15) is 0 Å². The monoisotopic (exact) mass is 333 g/mol. The van der Waals surface area contributed by atoms with E-state index in [0.29, 0.717) is 18.0 Å². The second-order valence-corrected chi connectivity index (χ2v) is 8.72. The zero-order valence-corrected chi connectivity index (χ0v) is 14.7. The summed E-state index contributed by atoms with van der Waals surface area (Å²) in [5, 5.41) is 5.04. The molecule has 1 aromatic carbocycles. The van der Waals surface area contributed by atoms with E-state index in [1.807, 2.05) is 26.8 Å². The number of aryl methyl sites for hydroxylation is 1. The van der Waals surface area contributed by atoms with Gasteiger partial charge in [-0.1, -0.05) is 12.1 Å². The van der Waals surface area contributed by atoms with Gasteiger partial charge in [0.15, 0.2) is 0 Å². The highest BCUT2D eigenvalue weighted by atomic mass is 32.2. The molecule has 1 aromatic heterocycles. The van der Waals surface area contributed by atoms with E-state index in [2.05, 4.69) is 10.3 Å². The van der Waals surface area contributed by atoms with Gasteiger partial charge in [0, 0.05) is 41.8 Å². The number of nitrogens with zero attached hydrogens (tertiary/aromatic N) is 2. The van der Waals surface area contributed by atoms with Gasteiger partial charge < -0.3 is 5.32 Å². The number of benzene rings is 1. The molecule has 1 aliphatic rings. The molecule has 1 aliphatic heterocycles. The summed E-state index contributed by atoms with van der Waals surface area (Å²) in [5.74, 6) is 0. The smallest absolute Gasteiger partial charge is 0.243 e. The van der Waals surface area contributed by atoms with Gasteiger partial charge >= 0.3 is 0 Å². The van der Waals surface area contributed by atoms with E-state index in [0.717, 1.165) is 29.3 Å². The highest BCUT2D eigenvalue weighted by Gasteiger charge is 2.33. The fraction of sp³-hybridized carbons (Fsp3) is 0.471. The summed E-state index contributed by atoms with van der Waals surface area (Å²) >= 11 is 0. The molecule has 2 heterocycles. The standard InChI is InChI=1S/C17H23N3O2S/c1-13-10-18-11-14-6-4-7-15(16(13)14)23(21,22)20-9-5-8-19-17(2,3)12-20/h4,6-7,10-11,19H,5,8-9,12H2,1-3H3. The summed E-state index contributed by atoms with van der Waals surface area (Å²) in [6.07, 6.45) is 4.25. The summed E-state index contributed by atoms with van der Waals surface area (Å²) in [5.41, 5.74) is 0.652. The molecule has 124 valence electrons. The van der Waals surface area contributed by atoms with Gasteiger partial charge in [0.2, 0.25) is 10.0 Å². The molecule has 6 heteroatoms. The Kier molecular flexibility index (Phi) is 4.16. The van der Waals surface area contributed by atoms with Crippen molar-refractivity contribution in [3.63, 3.8) is 0 Å².